The molecule has 0 aromatic heterocycles. The molecule has 25 heavy (non-hydrogen) atoms. The van der Waals surface area contributed by atoms with E-state index in [0.717, 1.165) is 5.56 Å². The lowest BCUT2D eigenvalue weighted by Crippen LogP contribution is -2.27. The highest BCUT2D eigenvalue weighted by molar-refractivity contribution is 6.06. The Kier molecular flexibility index (Phi) is 4.52. The van der Waals surface area contributed by atoms with E-state index < -0.39 is 17.6 Å². The van der Waals surface area contributed by atoms with Gasteiger partial charge in [-0.1, -0.05) is 36.4 Å². The van der Waals surface area contributed by atoms with Crippen molar-refractivity contribution in [3.8, 4) is 11.1 Å². The summed E-state index contributed by atoms with van der Waals surface area (Å²) in [4.78, 5) is 25.0. The van der Waals surface area contributed by atoms with Crippen molar-refractivity contribution >= 4 is 11.8 Å². The second kappa shape index (κ2) is 6.76. The van der Waals surface area contributed by atoms with Crippen molar-refractivity contribution in [1.29, 1.82) is 0 Å². The minimum absolute atomic E-state index is 0.0535. The minimum atomic E-state index is -0.563. The molecule has 1 heterocycles. The van der Waals surface area contributed by atoms with Crippen molar-refractivity contribution in [2.75, 3.05) is 13.6 Å². The SMILES string of the molecule is CN1CC(C(=O)NCc2cccc(-c3ccccc3F)c2)=C(O)C1=O. The molecule has 3 rings (SSSR count). The number of carbonyl (C=O) groups is 2. The first-order valence-corrected chi connectivity index (χ1v) is 7.77. The maximum Gasteiger partial charge on any atom is 0.289 e. The molecule has 0 aliphatic carbocycles. The van der Waals surface area contributed by atoms with Gasteiger partial charge in [0.25, 0.3) is 11.8 Å². The van der Waals surface area contributed by atoms with Crippen LogP contribution in [-0.2, 0) is 16.1 Å². The number of aliphatic hydroxyl groups excluding tert-OH is 1. The molecule has 0 spiro atoms. The van der Waals surface area contributed by atoms with Gasteiger partial charge >= 0.3 is 0 Å². The molecule has 2 aromatic rings. The Morgan fingerprint density at radius 1 is 1.24 bits per heavy atom. The van der Waals surface area contributed by atoms with Gasteiger partial charge in [-0.25, -0.2) is 4.39 Å². The van der Waals surface area contributed by atoms with Crippen molar-refractivity contribution in [2.45, 2.75) is 6.54 Å². The van der Waals surface area contributed by atoms with Gasteiger partial charge in [0.1, 0.15) is 5.82 Å². The first-order valence-electron chi connectivity index (χ1n) is 7.77. The molecule has 1 aliphatic heterocycles. The molecule has 1 aliphatic rings. The number of benzene rings is 2. The van der Waals surface area contributed by atoms with E-state index in [1.165, 1.54) is 18.0 Å². The number of nitrogens with one attached hydrogen (secondary N) is 1. The van der Waals surface area contributed by atoms with Gasteiger partial charge in [0.15, 0.2) is 5.76 Å². The van der Waals surface area contributed by atoms with Crippen LogP contribution in [0.15, 0.2) is 59.9 Å². The van der Waals surface area contributed by atoms with Crippen molar-refractivity contribution in [3.05, 3.63) is 71.2 Å². The zero-order valence-corrected chi connectivity index (χ0v) is 13.6. The Hall–Kier alpha value is -3.15. The van der Waals surface area contributed by atoms with Crippen molar-refractivity contribution in [3.63, 3.8) is 0 Å². The van der Waals surface area contributed by atoms with Crippen LogP contribution in [-0.4, -0.2) is 35.4 Å². The first kappa shape index (κ1) is 16.7. The van der Waals surface area contributed by atoms with Gasteiger partial charge in [0, 0.05) is 19.2 Å². The quantitative estimate of drug-likeness (QED) is 0.898. The zero-order valence-electron chi connectivity index (χ0n) is 13.6. The fraction of sp³-hybridized carbons (Fsp3) is 0.158. The normalized spacial score (nSPS) is 14.2. The van der Waals surface area contributed by atoms with Crippen LogP contribution in [0.3, 0.4) is 0 Å². The largest absolute Gasteiger partial charge is 0.503 e. The highest BCUT2D eigenvalue weighted by Gasteiger charge is 2.31. The topological polar surface area (TPSA) is 69.6 Å². The number of hydrogen-bond donors (Lipinski definition) is 2. The predicted molar refractivity (Wildman–Crippen MR) is 91.0 cm³/mol. The van der Waals surface area contributed by atoms with E-state index >= 15 is 0 Å². The van der Waals surface area contributed by atoms with Gasteiger partial charge in [0.2, 0.25) is 0 Å². The van der Waals surface area contributed by atoms with Crippen molar-refractivity contribution < 1.29 is 19.1 Å². The molecule has 0 atom stereocenters. The number of rotatable bonds is 4. The van der Waals surface area contributed by atoms with Gasteiger partial charge in [-0.3, -0.25) is 9.59 Å². The summed E-state index contributed by atoms with van der Waals surface area (Å²) in [7, 11) is 1.51. The van der Waals surface area contributed by atoms with Crippen molar-refractivity contribution in [2.24, 2.45) is 0 Å². The molecule has 2 amide bonds. The maximum absolute atomic E-state index is 13.9. The zero-order chi connectivity index (χ0) is 18.0. The minimum Gasteiger partial charge on any atom is -0.503 e. The third kappa shape index (κ3) is 3.38. The monoisotopic (exact) mass is 340 g/mol. The highest BCUT2D eigenvalue weighted by Crippen LogP contribution is 2.23. The molecular weight excluding hydrogens is 323 g/mol. The number of nitrogens with zero attached hydrogens (tertiary/aromatic N) is 1. The summed E-state index contributed by atoms with van der Waals surface area (Å²) in [6.45, 7) is 0.279. The van der Waals surface area contributed by atoms with E-state index in [1.807, 2.05) is 6.07 Å². The van der Waals surface area contributed by atoms with Crippen LogP contribution in [0.1, 0.15) is 5.56 Å². The van der Waals surface area contributed by atoms with E-state index in [9.17, 15) is 19.1 Å². The third-order valence-corrected chi connectivity index (χ3v) is 4.07. The van der Waals surface area contributed by atoms with E-state index in [0.29, 0.717) is 11.1 Å². The molecule has 0 bridgehead atoms. The fourth-order valence-electron chi connectivity index (χ4n) is 2.71. The number of likely N-dealkylation sites (N-methyl/N-ethyl adjacent to an activating group) is 1. The lowest BCUT2D eigenvalue weighted by atomic mass is 10.0. The molecule has 0 saturated heterocycles. The Morgan fingerprint density at radius 3 is 2.68 bits per heavy atom. The second-order valence-electron chi connectivity index (χ2n) is 5.85. The molecule has 128 valence electrons. The average molecular weight is 340 g/mol. The Bertz CT molecular complexity index is 876. The first-order chi connectivity index (χ1) is 12.0. The Balaban J connectivity index is 1.73. The second-order valence-corrected chi connectivity index (χ2v) is 5.85. The van der Waals surface area contributed by atoms with E-state index in [4.69, 9.17) is 0 Å². The van der Waals surface area contributed by atoms with Crippen LogP contribution >= 0.6 is 0 Å². The predicted octanol–water partition coefficient (Wildman–Crippen LogP) is 2.39. The van der Waals surface area contributed by atoms with Crippen LogP contribution in [0.5, 0.6) is 0 Å². The van der Waals surface area contributed by atoms with Crippen LogP contribution in [0.2, 0.25) is 0 Å². The fourth-order valence-corrected chi connectivity index (χ4v) is 2.71. The van der Waals surface area contributed by atoms with Crippen LogP contribution in [0.4, 0.5) is 4.39 Å². The van der Waals surface area contributed by atoms with Crippen LogP contribution < -0.4 is 5.32 Å². The number of carbonyl (C=O) groups excluding carboxylic acids is 2. The van der Waals surface area contributed by atoms with Crippen LogP contribution in [0, 0.1) is 5.82 Å². The summed E-state index contributed by atoms with van der Waals surface area (Å²) >= 11 is 0. The lowest BCUT2D eigenvalue weighted by molar-refractivity contribution is -0.126. The molecule has 0 unspecified atom stereocenters. The lowest BCUT2D eigenvalue weighted by Gasteiger charge is -2.09. The number of aliphatic hydroxyl groups is 1. The molecule has 2 aromatic carbocycles. The van der Waals surface area contributed by atoms with E-state index in [-0.39, 0.29) is 24.5 Å². The van der Waals surface area contributed by atoms with Gasteiger partial charge in [0.05, 0.1) is 12.1 Å². The molecule has 0 radical (unpaired) electrons. The third-order valence-electron chi connectivity index (χ3n) is 4.07. The summed E-state index contributed by atoms with van der Waals surface area (Å²) < 4.78 is 13.9. The molecule has 6 heteroatoms. The smallest absolute Gasteiger partial charge is 0.289 e. The summed E-state index contributed by atoms with van der Waals surface area (Å²) in [5.41, 5.74) is 2.03. The molecule has 2 N–H and O–H groups in total. The van der Waals surface area contributed by atoms with E-state index in [2.05, 4.69) is 5.32 Å². The standard InChI is InChI=1S/C19H17FN2O3/c1-22-11-15(17(23)19(22)25)18(24)21-10-12-5-4-6-13(9-12)14-7-2-3-8-16(14)20/h2-9,23H,10-11H2,1H3,(H,21,24). The number of amides is 2. The Labute approximate surface area is 144 Å². The molecule has 0 fully saturated rings. The number of halogens is 1. The number of hydrogen-bond acceptors (Lipinski definition) is 3. The molecular formula is C19H17FN2O3. The average Bonchev–Trinajstić information content (AvgIpc) is 2.88. The summed E-state index contributed by atoms with van der Waals surface area (Å²) in [5, 5.41) is 12.4. The summed E-state index contributed by atoms with van der Waals surface area (Å²) in [6.07, 6.45) is 0. The van der Waals surface area contributed by atoms with E-state index in [1.54, 1.807) is 36.4 Å². The maximum atomic E-state index is 13.9. The summed E-state index contributed by atoms with van der Waals surface area (Å²) in [6, 6.07) is 13.7. The van der Waals surface area contributed by atoms with Gasteiger partial charge in [-0.15, -0.1) is 0 Å². The molecule has 5 nitrogen and oxygen atoms in total. The highest BCUT2D eigenvalue weighted by atomic mass is 19.1. The Morgan fingerprint density at radius 2 is 2.00 bits per heavy atom. The van der Waals surface area contributed by atoms with Gasteiger partial charge in [-0.05, 0) is 23.3 Å². The van der Waals surface area contributed by atoms with Crippen molar-refractivity contribution in [1.82, 2.24) is 10.2 Å². The van der Waals surface area contributed by atoms with Gasteiger partial charge in [-0.2, -0.15) is 0 Å². The molecule has 0 saturated carbocycles. The summed E-state index contributed by atoms with van der Waals surface area (Å²) in [5.74, 6) is -1.88. The van der Waals surface area contributed by atoms with Crippen LogP contribution in [0.25, 0.3) is 11.1 Å². The van der Waals surface area contributed by atoms with Gasteiger partial charge < -0.3 is 15.3 Å².